The maximum atomic E-state index is 13.1. The normalized spacial score (nSPS) is 15.8. The molecule has 7 nitrogen and oxygen atoms in total. The summed E-state index contributed by atoms with van der Waals surface area (Å²) in [5.41, 5.74) is 1.51. The molecule has 2 saturated carbocycles. The van der Waals surface area contributed by atoms with Crippen LogP contribution in [0.3, 0.4) is 0 Å². The highest BCUT2D eigenvalue weighted by Gasteiger charge is 2.41. The predicted octanol–water partition coefficient (Wildman–Crippen LogP) is 7.89. The summed E-state index contributed by atoms with van der Waals surface area (Å²) >= 11 is 0. The Morgan fingerprint density at radius 1 is 0.512 bits per heavy atom. The zero-order valence-electron chi connectivity index (χ0n) is 22.4. The van der Waals surface area contributed by atoms with Crippen LogP contribution >= 0.6 is 0 Å². The molecule has 2 atom stereocenters. The van der Waals surface area contributed by atoms with Crippen molar-refractivity contribution in [3.8, 4) is 23.0 Å². The van der Waals surface area contributed by atoms with Gasteiger partial charge >= 0.3 is 11.9 Å². The van der Waals surface area contributed by atoms with Gasteiger partial charge in [-0.05, 0) is 97.2 Å². The lowest BCUT2D eigenvalue weighted by molar-refractivity contribution is -0.460. The summed E-state index contributed by atoms with van der Waals surface area (Å²) in [6.45, 7) is 0. The van der Waals surface area contributed by atoms with Crippen LogP contribution < -0.4 is 9.47 Å². The average Bonchev–Trinajstić information content (AvgIpc) is 3.92. The van der Waals surface area contributed by atoms with Crippen molar-refractivity contribution in [2.45, 2.75) is 37.5 Å². The molecule has 0 saturated heterocycles. The van der Waals surface area contributed by atoms with Crippen LogP contribution in [0.15, 0.2) is 109 Å². The Bertz CT molecular complexity index is 1370. The maximum Gasteiger partial charge on any atom is 0.354 e. The SMILES string of the molecule is O=C(OOOC(=O)C(c1cccc(Oc2ccccc2)c1)C1CC1)C(c1cccc(Oc2ccccc2)c1)C1CC1. The van der Waals surface area contributed by atoms with Gasteiger partial charge in [0.25, 0.3) is 0 Å². The molecule has 0 aromatic heterocycles. The van der Waals surface area contributed by atoms with Crippen molar-refractivity contribution in [2.75, 3.05) is 0 Å². The van der Waals surface area contributed by atoms with E-state index in [2.05, 4.69) is 0 Å². The van der Waals surface area contributed by atoms with Crippen LogP contribution in [0, 0.1) is 11.8 Å². The maximum absolute atomic E-state index is 13.1. The topological polar surface area (TPSA) is 80.3 Å². The molecule has 2 aliphatic carbocycles. The number of para-hydroxylation sites is 2. The van der Waals surface area contributed by atoms with E-state index in [0.29, 0.717) is 23.0 Å². The first-order valence-electron chi connectivity index (χ1n) is 13.9. The second kappa shape index (κ2) is 12.3. The molecule has 2 fully saturated rings. The summed E-state index contributed by atoms with van der Waals surface area (Å²) < 4.78 is 11.9. The third-order valence-corrected chi connectivity index (χ3v) is 7.32. The van der Waals surface area contributed by atoms with E-state index in [0.717, 1.165) is 36.8 Å². The molecule has 0 aliphatic heterocycles. The van der Waals surface area contributed by atoms with Crippen LogP contribution in [0.4, 0.5) is 0 Å². The lowest BCUT2D eigenvalue weighted by Gasteiger charge is -2.17. The average molecular weight is 551 g/mol. The number of carbonyl (C=O) groups excluding carboxylic acids is 2. The van der Waals surface area contributed by atoms with Gasteiger partial charge in [-0.15, -0.1) is 0 Å². The number of carbonyl (C=O) groups is 2. The number of ether oxygens (including phenoxy) is 2. The van der Waals surface area contributed by atoms with Gasteiger partial charge in [0.1, 0.15) is 23.0 Å². The van der Waals surface area contributed by atoms with E-state index in [1.165, 1.54) is 0 Å². The fourth-order valence-corrected chi connectivity index (χ4v) is 5.04. The third kappa shape index (κ3) is 6.94. The minimum Gasteiger partial charge on any atom is -0.457 e. The smallest absolute Gasteiger partial charge is 0.354 e. The monoisotopic (exact) mass is 550 g/mol. The van der Waals surface area contributed by atoms with Gasteiger partial charge < -0.3 is 9.47 Å². The Balaban J connectivity index is 1.08. The second-order valence-corrected chi connectivity index (χ2v) is 10.5. The van der Waals surface area contributed by atoms with Crippen molar-refractivity contribution in [3.05, 3.63) is 120 Å². The molecule has 41 heavy (non-hydrogen) atoms. The molecule has 2 aliphatic rings. The predicted molar refractivity (Wildman–Crippen MR) is 150 cm³/mol. The van der Waals surface area contributed by atoms with E-state index in [1.54, 1.807) is 0 Å². The number of hydrogen-bond donors (Lipinski definition) is 0. The molecule has 6 rings (SSSR count). The van der Waals surface area contributed by atoms with Crippen LogP contribution in [0.2, 0.25) is 0 Å². The Hall–Kier alpha value is -4.62. The molecule has 208 valence electrons. The van der Waals surface area contributed by atoms with E-state index in [1.807, 2.05) is 109 Å². The van der Waals surface area contributed by atoms with Crippen molar-refractivity contribution in [3.63, 3.8) is 0 Å². The van der Waals surface area contributed by atoms with Crippen molar-refractivity contribution in [1.82, 2.24) is 0 Å². The van der Waals surface area contributed by atoms with Crippen molar-refractivity contribution in [1.29, 1.82) is 0 Å². The molecule has 0 radical (unpaired) electrons. The van der Waals surface area contributed by atoms with Gasteiger partial charge in [-0.2, -0.15) is 0 Å². The lowest BCUT2D eigenvalue weighted by Crippen LogP contribution is -2.22. The molecular formula is C34H30O7. The van der Waals surface area contributed by atoms with Gasteiger partial charge in [0.2, 0.25) is 0 Å². The van der Waals surface area contributed by atoms with E-state index in [4.69, 9.17) is 24.3 Å². The molecule has 2 unspecified atom stereocenters. The van der Waals surface area contributed by atoms with Gasteiger partial charge in [-0.3, -0.25) is 9.78 Å². The fraction of sp³-hybridized carbons (Fsp3) is 0.235. The van der Waals surface area contributed by atoms with Crippen molar-refractivity contribution in [2.24, 2.45) is 11.8 Å². The van der Waals surface area contributed by atoms with E-state index < -0.39 is 23.8 Å². The summed E-state index contributed by atoms with van der Waals surface area (Å²) in [4.78, 5) is 36.2. The van der Waals surface area contributed by atoms with Crippen LogP contribution in [-0.4, -0.2) is 11.9 Å². The standard InChI is InChI=1S/C34H30O7/c35-33(31(23-17-18-23)25-9-7-15-29(21-25)37-27-11-3-1-4-12-27)39-41-40-34(36)32(24-19-20-24)26-10-8-16-30(22-26)38-28-13-5-2-6-14-28/h1-16,21-24,31-32H,17-20H2. The first kappa shape index (κ1) is 26.6. The summed E-state index contributed by atoms with van der Waals surface area (Å²) in [6.07, 6.45) is 3.59. The highest BCUT2D eigenvalue weighted by Crippen LogP contribution is 2.45. The van der Waals surface area contributed by atoms with Crippen LogP contribution in [0.1, 0.15) is 48.6 Å². The highest BCUT2D eigenvalue weighted by molar-refractivity contribution is 5.80. The van der Waals surface area contributed by atoms with Crippen molar-refractivity contribution < 1.29 is 33.9 Å². The summed E-state index contributed by atoms with van der Waals surface area (Å²) in [5.74, 6) is 0.548. The quantitative estimate of drug-likeness (QED) is 0.131. The third-order valence-electron chi connectivity index (χ3n) is 7.32. The summed E-state index contributed by atoms with van der Waals surface area (Å²) in [6, 6.07) is 33.6. The minimum absolute atomic E-state index is 0.125. The molecule has 0 heterocycles. The highest BCUT2D eigenvalue weighted by atomic mass is 17.5. The van der Waals surface area contributed by atoms with Crippen LogP contribution in [-0.2, 0) is 24.4 Å². The zero-order chi connectivity index (χ0) is 28.0. The van der Waals surface area contributed by atoms with Gasteiger partial charge in [-0.25, -0.2) is 9.59 Å². The number of rotatable bonds is 12. The largest absolute Gasteiger partial charge is 0.457 e. The number of benzene rings is 4. The molecule has 0 amide bonds. The van der Waals surface area contributed by atoms with Crippen LogP contribution in [0.5, 0.6) is 23.0 Å². The van der Waals surface area contributed by atoms with Gasteiger partial charge in [0.15, 0.2) is 0 Å². The molecule has 4 aromatic carbocycles. The first-order valence-corrected chi connectivity index (χ1v) is 13.9. The van der Waals surface area contributed by atoms with Gasteiger partial charge in [-0.1, -0.05) is 60.7 Å². The van der Waals surface area contributed by atoms with E-state index in [9.17, 15) is 9.59 Å². The van der Waals surface area contributed by atoms with Crippen molar-refractivity contribution >= 4 is 11.9 Å². The fourth-order valence-electron chi connectivity index (χ4n) is 5.04. The second-order valence-electron chi connectivity index (χ2n) is 10.5. The molecular weight excluding hydrogens is 520 g/mol. The Kier molecular flexibility index (Phi) is 7.96. The molecule has 4 aromatic rings. The van der Waals surface area contributed by atoms with Crippen LogP contribution in [0.25, 0.3) is 0 Å². The Morgan fingerprint density at radius 3 is 1.29 bits per heavy atom. The molecule has 0 N–H and O–H groups in total. The Labute approximate surface area is 238 Å². The molecule has 0 spiro atoms. The summed E-state index contributed by atoms with van der Waals surface area (Å²) in [5, 5.41) is 4.81. The first-order chi connectivity index (χ1) is 20.1. The summed E-state index contributed by atoms with van der Waals surface area (Å²) in [7, 11) is 0. The molecule has 7 heteroatoms. The van der Waals surface area contributed by atoms with E-state index >= 15 is 0 Å². The van der Waals surface area contributed by atoms with Gasteiger partial charge in [0, 0.05) is 5.04 Å². The number of hydrogen-bond acceptors (Lipinski definition) is 7. The Morgan fingerprint density at radius 2 is 0.902 bits per heavy atom. The molecule has 0 bridgehead atoms. The zero-order valence-corrected chi connectivity index (χ0v) is 22.4. The lowest BCUT2D eigenvalue weighted by atomic mass is 9.94. The van der Waals surface area contributed by atoms with E-state index in [-0.39, 0.29) is 11.8 Å². The minimum atomic E-state index is -0.613. The van der Waals surface area contributed by atoms with Gasteiger partial charge in [0.05, 0.1) is 11.8 Å².